The molecule has 1 aromatic heterocycles. The molecule has 0 bridgehead atoms. The Hall–Kier alpha value is -1.98. The van der Waals surface area contributed by atoms with Crippen molar-refractivity contribution in [1.82, 2.24) is 3.96 Å². The van der Waals surface area contributed by atoms with Gasteiger partial charge in [-0.2, -0.15) is 0 Å². The third-order valence-corrected chi connectivity index (χ3v) is 4.06. The first-order valence-corrected chi connectivity index (χ1v) is 6.58. The highest BCUT2D eigenvalue weighted by molar-refractivity contribution is 7.14. The van der Waals surface area contributed by atoms with Crippen LogP contribution in [0.4, 0.5) is 4.39 Å². The van der Waals surface area contributed by atoms with Crippen molar-refractivity contribution in [3.63, 3.8) is 0 Å². The summed E-state index contributed by atoms with van der Waals surface area (Å²) < 4.78 is 16.2. The molecule has 2 N–H and O–H groups in total. The van der Waals surface area contributed by atoms with E-state index in [4.69, 9.17) is 5.73 Å². The number of hydrogen-bond donors (Lipinski definition) is 1. The van der Waals surface area contributed by atoms with Crippen LogP contribution in [0.5, 0.6) is 0 Å². The number of nitrogens with two attached hydrogens (primary N) is 1. The van der Waals surface area contributed by atoms with E-state index in [0.29, 0.717) is 10.9 Å². The normalized spacial score (nSPS) is 11.1. The molecule has 0 fully saturated rings. The lowest BCUT2D eigenvalue weighted by Crippen LogP contribution is -2.12. The van der Waals surface area contributed by atoms with Crippen LogP contribution in [0.2, 0.25) is 0 Å². The van der Waals surface area contributed by atoms with E-state index >= 15 is 0 Å². The van der Waals surface area contributed by atoms with Gasteiger partial charge in [-0.15, -0.1) is 0 Å². The van der Waals surface area contributed by atoms with Crippen LogP contribution in [0.15, 0.2) is 47.3 Å². The summed E-state index contributed by atoms with van der Waals surface area (Å²) in [6.45, 7) is 0.276. The number of rotatable bonds is 2. The zero-order valence-electron chi connectivity index (χ0n) is 9.97. The second-order valence-corrected chi connectivity index (χ2v) is 5.16. The van der Waals surface area contributed by atoms with Crippen LogP contribution in [-0.4, -0.2) is 3.96 Å². The van der Waals surface area contributed by atoms with Crippen molar-refractivity contribution >= 4 is 21.6 Å². The number of hydrogen-bond acceptors (Lipinski definition) is 3. The van der Waals surface area contributed by atoms with Gasteiger partial charge < -0.3 is 5.73 Å². The largest absolute Gasteiger partial charge is 0.326 e. The van der Waals surface area contributed by atoms with E-state index in [9.17, 15) is 9.18 Å². The van der Waals surface area contributed by atoms with Crippen LogP contribution in [0, 0.1) is 5.82 Å². The summed E-state index contributed by atoms with van der Waals surface area (Å²) in [4.78, 5) is 12.2. The molecule has 0 amide bonds. The van der Waals surface area contributed by atoms with Gasteiger partial charge in [-0.25, -0.2) is 8.35 Å². The van der Waals surface area contributed by atoms with Crippen LogP contribution in [0.3, 0.4) is 0 Å². The summed E-state index contributed by atoms with van der Waals surface area (Å²) in [5.74, 6) is -0.434. The summed E-state index contributed by atoms with van der Waals surface area (Å²) >= 11 is 1.24. The highest BCUT2D eigenvalue weighted by Crippen LogP contribution is 2.22. The van der Waals surface area contributed by atoms with Gasteiger partial charge in [0.1, 0.15) is 5.82 Å². The molecule has 0 saturated heterocycles. The van der Waals surface area contributed by atoms with Crippen molar-refractivity contribution in [3.05, 3.63) is 64.2 Å². The Balaban J connectivity index is 2.25. The maximum atomic E-state index is 14.0. The summed E-state index contributed by atoms with van der Waals surface area (Å²) in [7, 11) is 0. The van der Waals surface area contributed by atoms with Gasteiger partial charge in [0.05, 0.1) is 15.8 Å². The molecule has 5 heteroatoms. The first kappa shape index (κ1) is 12.1. The van der Waals surface area contributed by atoms with Crippen LogP contribution in [0.25, 0.3) is 15.8 Å². The predicted octanol–water partition coefficient (Wildman–Crippen LogP) is 2.65. The average Bonchev–Trinajstić information content (AvgIpc) is 2.76. The molecule has 19 heavy (non-hydrogen) atoms. The van der Waals surface area contributed by atoms with Crippen LogP contribution < -0.4 is 11.3 Å². The van der Waals surface area contributed by atoms with Crippen molar-refractivity contribution in [2.24, 2.45) is 5.73 Å². The monoisotopic (exact) mass is 274 g/mol. The Kier molecular flexibility index (Phi) is 2.93. The Labute approximate surface area is 112 Å². The van der Waals surface area contributed by atoms with E-state index in [2.05, 4.69) is 0 Å². The van der Waals surface area contributed by atoms with Gasteiger partial charge in [0.25, 0.3) is 5.56 Å². The van der Waals surface area contributed by atoms with Crippen molar-refractivity contribution in [1.29, 1.82) is 0 Å². The minimum Gasteiger partial charge on any atom is -0.326 e. The van der Waals surface area contributed by atoms with Crippen LogP contribution >= 0.6 is 11.5 Å². The quantitative estimate of drug-likeness (QED) is 0.781. The molecule has 2 aromatic carbocycles. The summed E-state index contributed by atoms with van der Waals surface area (Å²) in [5.41, 5.74) is 6.24. The SMILES string of the molecule is NCc1ccc(-n2sc3ccccc3c2=O)c(F)c1. The van der Waals surface area contributed by atoms with E-state index < -0.39 is 5.82 Å². The topological polar surface area (TPSA) is 48.0 Å². The van der Waals surface area contributed by atoms with Gasteiger partial charge in [-0.05, 0) is 29.8 Å². The molecular weight excluding hydrogens is 263 g/mol. The zero-order valence-corrected chi connectivity index (χ0v) is 10.8. The molecule has 0 aliphatic heterocycles. The third-order valence-electron chi connectivity index (χ3n) is 2.96. The Morgan fingerprint density at radius 3 is 2.68 bits per heavy atom. The minimum atomic E-state index is -0.434. The smallest absolute Gasteiger partial charge is 0.273 e. The molecule has 0 aliphatic rings. The Bertz CT molecular complexity index is 807. The number of halogens is 1. The first-order valence-electron chi connectivity index (χ1n) is 5.80. The molecule has 0 saturated carbocycles. The highest BCUT2D eigenvalue weighted by atomic mass is 32.1. The van der Waals surface area contributed by atoms with E-state index in [1.54, 1.807) is 24.3 Å². The van der Waals surface area contributed by atoms with Crippen molar-refractivity contribution in [3.8, 4) is 5.69 Å². The lowest BCUT2D eigenvalue weighted by atomic mass is 10.2. The van der Waals surface area contributed by atoms with Crippen molar-refractivity contribution in [2.75, 3.05) is 0 Å². The van der Waals surface area contributed by atoms with Crippen molar-refractivity contribution in [2.45, 2.75) is 6.54 Å². The first-order chi connectivity index (χ1) is 9.20. The Morgan fingerprint density at radius 2 is 2.00 bits per heavy atom. The second-order valence-electron chi connectivity index (χ2n) is 4.18. The lowest BCUT2D eigenvalue weighted by Gasteiger charge is -2.04. The maximum absolute atomic E-state index is 14.0. The predicted molar refractivity (Wildman–Crippen MR) is 75.3 cm³/mol. The molecule has 1 heterocycles. The van der Waals surface area contributed by atoms with Gasteiger partial charge >= 0.3 is 0 Å². The second kappa shape index (κ2) is 4.60. The fourth-order valence-corrected chi connectivity index (χ4v) is 2.99. The number of nitrogens with zero attached hydrogens (tertiary/aromatic N) is 1. The fraction of sp³-hybridized carbons (Fsp3) is 0.0714. The number of aromatic nitrogens is 1. The Morgan fingerprint density at radius 1 is 1.21 bits per heavy atom. The van der Waals surface area contributed by atoms with Gasteiger partial charge in [-0.3, -0.25) is 4.79 Å². The van der Waals surface area contributed by atoms with E-state index in [0.717, 1.165) is 4.70 Å². The van der Waals surface area contributed by atoms with Crippen LogP contribution in [-0.2, 0) is 6.54 Å². The minimum absolute atomic E-state index is 0.194. The standard InChI is InChI=1S/C14H11FN2OS/c15-11-7-9(8-16)5-6-12(11)17-14(18)10-3-1-2-4-13(10)19-17/h1-7H,8,16H2. The number of benzene rings is 2. The molecule has 0 unspecified atom stereocenters. The van der Waals surface area contributed by atoms with E-state index in [-0.39, 0.29) is 17.8 Å². The molecule has 0 atom stereocenters. The van der Waals surface area contributed by atoms with E-state index in [1.807, 2.05) is 12.1 Å². The number of fused-ring (bicyclic) bond motifs is 1. The molecule has 0 spiro atoms. The van der Waals surface area contributed by atoms with E-state index in [1.165, 1.54) is 21.6 Å². The van der Waals surface area contributed by atoms with Gasteiger partial charge in [0.15, 0.2) is 0 Å². The summed E-state index contributed by atoms with van der Waals surface area (Å²) in [6.07, 6.45) is 0. The highest BCUT2D eigenvalue weighted by Gasteiger charge is 2.12. The van der Waals surface area contributed by atoms with Gasteiger partial charge in [-0.1, -0.05) is 29.7 Å². The molecular formula is C14H11FN2OS. The third kappa shape index (κ3) is 1.97. The molecule has 3 nitrogen and oxygen atoms in total. The maximum Gasteiger partial charge on any atom is 0.273 e. The molecule has 3 aromatic rings. The molecule has 0 radical (unpaired) electrons. The summed E-state index contributed by atoms with van der Waals surface area (Å²) in [6, 6.07) is 11.9. The van der Waals surface area contributed by atoms with Gasteiger partial charge in [0.2, 0.25) is 0 Å². The molecule has 96 valence electrons. The zero-order chi connectivity index (χ0) is 13.4. The molecule has 0 aliphatic carbocycles. The summed E-state index contributed by atoms with van der Waals surface area (Å²) in [5, 5.41) is 0.606. The average molecular weight is 274 g/mol. The van der Waals surface area contributed by atoms with Crippen molar-refractivity contribution < 1.29 is 4.39 Å². The fourth-order valence-electron chi connectivity index (χ4n) is 1.97. The lowest BCUT2D eigenvalue weighted by molar-refractivity contribution is 0.618. The van der Waals surface area contributed by atoms with Crippen LogP contribution in [0.1, 0.15) is 5.56 Å². The van der Waals surface area contributed by atoms with Gasteiger partial charge in [0, 0.05) is 6.54 Å². The molecule has 3 rings (SSSR count).